The molecule has 1 aromatic heterocycles. The zero-order valence-corrected chi connectivity index (χ0v) is 7.88. The number of aromatic nitrogens is 2. The van der Waals surface area contributed by atoms with Crippen LogP contribution in [0.25, 0.3) is 11.4 Å². The molecule has 5 nitrogen and oxygen atoms in total. The van der Waals surface area contributed by atoms with Crippen molar-refractivity contribution in [3.8, 4) is 17.1 Å². The van der Waals surface area contributed by atoms with Crippen molar-refractivity contribution >= 4 is 11.6 Å². The maximum Gasteiger partial charge on any atom is 0.163 e. The molecular weight excluding hydrogens is 192 g/mol. The number of phenolic OH excluding ortho intramolecular Hbond substituents is 1. The first kappa shape index (κ1) is 9.26. The number of nitrogen functional groups attached to an aromatic ring is 2. The average Bonchev–Trinajstić information content (AvgIpc) is 2.17. The van der Waals surface area contributed by atoms with Crippen LogP contribution in [0.1, 0.15) is 0 Å². The van der Waals surface area contributed by atoms with Gasteiger partial charge in [0.1, 0.15) is 17.4 Å². The van der Waals surface area contributed by atoms with Gasteiger partial charge in [-0.15, -0.1) is 0 Å². The van der Waals surface area contributed by atoms with E-state index in [1.54, 1.807) is 24.3 Å². The fourth-order valence-electron chi connectivity index (χ4n) is 1.23. The zero-order chi connectivity index (χ0) is 10.8. The first-order valence-corrected chi connectivity index (χ1v) is 4.34. The van der Waals surface area contributed by atoms with Crippen molar-refractivity contribution < 1.29 is 5.11 Å². The molecule has 0 atom stereocenters. The first-order valence-electron chi connectivity index (χ1n) is 4.34. The molecule has 76 valence electrons. The molecule has 0 aliphatic carbocycles. The van der Waals surface area contributed by atoms with Crippen molar-refractivity contribution in [2.45, 2.75) is 0 Å². The Bertz CT molecular complexity index is 461. The van der Waals surface area contributed by atoms with E-state index in [2.05, 4.69) is 9.97 Å². The van der Waals surface area contributed by atoms with Crippen molar-refractivity contribution in [2.75, 3.05) is 11.5 Å². The van der Waals surface area contributed by atoms with Crippen LogP contribution >= 0.6 is 0 Å². The van der Waals surface area contributed by atoms with Crippen molar-refractivity contribution in [3.05, 3.63) is 30.3 Å². The molecular formula is C10H10N4O. The lowest BCUT2D eigenvalue weighted by atomic mass is 10.2. The van der Waals surface area contributed by atoms with Gasteiger partial charge in [0.25, 0.3) is 0 Å². The molecule has 5 heteroatoms. The molecule has 2 aromatic rings. The largest absolute Gasteiger partial charge is 0.508 e. The zero-order valence-electron chi connectivity index (χ0n) is 7.88. The molecule has 0 saturated heterocycles. The number of anilines is 2. The Labute approximate surface area is 86.4 Å². The molecule has 0 unspecified atom stereocenters. The molecule has 0 saturated carbocycles. The fourth-order valence-corrected chi connectivity index (χ4v) is 1.23. The molecule has 0 spiro atoms. The Kier molecular flexibility index (Phi) is 2.13. The third kappa shape index (κ3) is 1.96. The van der Waals surface area contributed by atoms with E-state index in [4.69, 9.17) is 16.6 Å². The van der Waals surface area contributed by atoms with Crippen molar-refractivity contribution in [1.29, 1.82) is 0 Å². The monoisotopic (exact) mass is 202 g/mol. The summed E-state index contributed by atoms with van der Waals surface area (Å²) in [6.07, 6.45) is 0. The van der Waals surface area contributed by atoms with Crippen molar-refractivity contribution in [1.82, 2.24) is 9.97 Å². The van der Waals surface area contributed by atoms with Crippen LogP contribution in [-0.2, 0) is 0 Å². The highest BCUT2D eigenvalue weighted by molar-refractivity contribution is 5.60. The van der Waals surface area contributed by atoms with Gasteiger partial charge >= 0.3 is 0 Å². The second-order valence-electron chi connectivity index (χ2n) is 3.09. The predicted octanol–water partition coefficient (Wildman–Crippen LogP) is 1.01. The van der Waals surface area contributed by atoms with E-state index in [-0.39, 0.29) is 5.75 Å². The van der Waals surface area contributed by atoms with E-state index in [1.165, 1.54) is 6.07 Å². The topological polar surface area (TPSA) is 98.1 Å². The quantitative estimate of drug-likeness (QED) is 0.641. The highest BCUT2D eigenvalue weighted by atomic mass is 16.3. The van der Waals surface area contributed by atoms with Crippen LogP contribution in [0.2, 0.25) is 0 Å². The molecule has 5 N–H and O–H groups in total. The normalized spacial score (nSPS) is 10.1. The minimum Gasteiger partial charge on any atom is -0.508 e. The third-order valence-electron chi connectivity index (χ3n) is 1.89. The molecule has 0 bridgehead atoms. The van der Waals surface area contributed by atoms with Gasteiger partial charge in [-0.3, -0.25) is 0 Å². The van der Waals surface area contributed by atoms with Crippen molar-refractivity contribution in [3.63, 3.8) is 0 Å². The molecule has 0 radical (unpaired) electrons. The van der Waals surface area contributed by atoms with Crippen LogP contribution in [0.4, 0.5) is 11.6 Å². The van der Waals surface area contributed by atoms with Crippen LogP contribution in [-0.4, -0.2) is 15.1 Å². The third-order valence-corrected chi connectivity index (χ3v) is 1.89. The number of hydrogen-bond donors (Lipinski definition) is 3. The van der Waals surface area contributed by atoms with Gasteiger partial charge in [-0.2, -0.15) is 0 Å². The summed E-state index contributed by atoms with van der Waals surface area (Å²) in [6.45, 7) is 0. The van der Waals surface area contributed by atoms with E-state index < -0.39 is 0 Å². The van der Waals surface area contributed by atoms with Crippen molar-refractivity contribution in [2.24, 2.45) is 0 Å². The summed E-state index contributed by atoms with van der Waals surface area (Å²) in [5.74, 6) is 1.29. The Balaban J connectivity index is 2.49. The Morgan fingerprint density at radius 2 is 1.47 bits per heavy atom. The van der Waals surface area contributed by atoms with Crippen LogP contribution in [0.5, 0.6) is 5.75 Å². The number of nitrogens with two attached hydrogens (primary N) is 2. The standard InChI is InChI=1S/C10H10N4O/c11-8-5-9(12)14-10(13-8)6-1-3-7(15)4-2-6/h1-5,15H,(H4,11,12,13,14). The molecule has 0 amide bonds. The smallest absolute Gasteiger partial charge is 0.163 e. The Morgan fingerprint density at radius 1 is 0.933 bits per heavy atom. The molecule has 0 aliphatic rings. The minimum atomic E-state index is 0.190. The van der Waals surface area contributed by atoms with Gasteiger partial charge in [0.2, 0.25) is 0 Å². The Morgan fingerprint density at radius 3 is 2.00 bits per heavy atom. The number of rotatable bonds is 1. The van der Waals surface area contributed by atoms with Gasteiger partial charge in [-0.05, 0) is 24.3 Å². The van der Waals surface area contributed by atoms with Gasteiger partial charge in [0, 0.05) is 11.6 Å². The fraction of sp³-hybridized carbons (Fsp3) is 0. The molecule has 0 aliphatic heterocycles. The van der Waals surface area contributed by atoms with E-state index >= 15 is 0 Å². The lowest BCUT2D eigenvalue weighted by molar-refractivity contribution is 0.475. The summed E-state index contributed by atoms with van der Waals surface area (Å²) in [4.78, 5) is 8.08. The van der Waals surface area contributed by atoms with Crippen LogP contribution in [0.3, 0.4) is 0 Å². The highest BCUT2D eigenvalue weighted by Crippen LogP contribution is 2.20. The first-order chi connectivity index (χ1) is 7.15. The van der Waals surface area contributed by atoms with Gasteiger partial charge in [-0.1, -0.05) is 0 Å². The van der Waals surface area contributed by atoms with Crippen LogP contribution < -0.4 is 11.5 Å². The molecule has 0 fully saturated rings. The van der Waals surface area contributed by atoms with Crippen LogP contribution in [0.15, 0.2) is 30.3 Å². The summed E-state index contributed by atoms with van der Waals surface area (Å²) in [7, 11) is 0. The summed E-state index contributed by atoms with van der Waals surface area (Å²) in [6, 6.07) is 7.99. The molecule has 1 aromatic carbocycles. The highest BCUT2D eigenvalue weighted by Gasteiger charge is 2.03. The summed E-state index contributed by atoms with van der Waals surface area (Å²) in [5.41, 5.74) is 11.8. The Hall–Kier alpha value is -2.30. The molecule has 1 heterocycles. The number of nitrogens with zero attached hydrogens (tertiary/aromatic N) is 2. The molecule has 2 rings (SSSR count). The van der Waals surface area contributed by atoms with E-state index in [0.717, 1.165) is 5.56 Å². The lowest BCUT2D eigenvalue weighted by Gasteiger charge is -2.02. The number of benzene rings is 1. The minimum absolute atomic E-state index is 0.190. The summed E-state index contributed by atoms with van der Waals surface area (Å²) < 4.78 is 0. The second-order valence-corrected chi connectivity index (χ2v) is 3.09. The van der Waals surface area contributed by atoms with E-state index in [0.29, 0.717) is 17.5 Å². The second kappa shape index (κ2) is 3.45. The lowest BCUT2D eigenvalue weighted by Crippen LogP contribution is -1.99. The van der Waals surface area contributed by atoms with E-state index in [1.807, 2.05) is 0 Å². The number of aromatic hydroxyl groups is 1. The van der Waals surface area contributed by atoms with Gasteiger partial charge < -0.3 is 16.6 Å². The number of phenols is 1. The maximum atomic E-state index is 9.12. The van der Waals surface area contributed by atoms with Gasteiger partial charge in [-0.25, -0.2) is 9.97 Å². The summed E-state index contributed by atoms with van der Waals surface area (Å²) in [5, 5.41) is 9.12. The maximum absolute atomic E-state index is 9.12. The predicted molar refractivity (Wildman–Crippen MR) is 58.0 cm³/mol. The van der Waals surface area contributed by atoms with Gasteiger partial charge in [0.15, 0.2) is 5.82 Å². The average molecular weight is 202 g/mol. The van der Waals surface area contributed by atoms with E-state index in [9.17, 15) is 0 Å². The molecule has 15 heavy (non-hydrogen) atoms. The van der Waals surface area contributed by atoms with Gasteiger partial charge in [0.05, 0.1) is 0 Å². The summed E-state index contributed by atoms with van der Waals surface area (Å²) >= 11 is 0. The van der Waals surface area contributed by atoms with Crippen LogP contribution in [0, 0.1) is 0 Å². The number of hydrogen-bond acceptors (Lipinski definition) is 5. The SMILES string of the molecule is Nc1cc(N)nc(-c2ccc(O)cc2)n1.